The second kappa shape index (κ2) is 11.1. The predicted molar refractivity (Wildman–Crippen MR) is 136 cm³/mol. The van der Waals surface area contributed by atoms with E-state index in [0.717, 1.165) is 23.5 Å². The van der Waals surface area contributed by atoms with E-state index in [1.165, 1.54) is 82.6 Å². The molecule has 0 unspecified atom stereocenters. The van der Waals surface area contributed by atoms with Gasteiger partial charge in [0.2, 0.25) is 0 Å². The molecule has 2 aromatic rings. The molecule has 0 amide bonds. The number of unbranched alkanes of at least 4 members (excludes halogenated alkanes) is 2. The quantitative estimate of drug-likeness (QED) is 0.324. The molecule has 0 saturated heterocycles. The summed E-state index contributed by atoms with van der Waals surface area (Å²) in [5, 5.41) is 0. The summed E-state index contributed by atoms with van der Waals surface area (Å²) in [5.41, 5.74) is 14.5. The smallest absolute Gasteiger partial charge is 0.150 e. The molecule has 4 N–H and O–H groups in total. The molecule has 0 atom stereocenters. The molecule has 0 aliphatic heterocycles. The van der Waals surface area contributed by atoms with Crippen LogP contribution in [0.1, 0.15) is 95.5 Å². The lowest BCUT2D eigenvalue weighted by atomic mass is 9.68. The maximum absolute atomic E-state index is 6.02. The van der Waals surface area contributed by atoms with E-state index in [2.05, 4.69) is 31.2 Å². The van der Waals surface area contributed by atoms with Gasteiger partial charge in [0.25, 0.3) is 0 Å². The van der Waals surface area contributed by atoms with Gasteiger partial charge >= 0.3 is 0 Å². The predicted octanol–water partition coefficient (Wildman–Crippen LogP) is 8.30. The van der Waals surface area contributed by atoms with Crippen LogP contribution in [0.2, 0.25) is 0 Å². The first kappa shape index (κ1) is 23.0. The van der Waals surface area contributed by atoms with Crippen LogP contribution in [-0.4, -0.2) is 0 Å². The molecule has 0 radical (unpaired) electrons. The first-order valence-corrected chi connectivity index (χ1v) is 13.0. The zero-order chi connectivity index (χ0) is 22.3. The van der Waals surface area contributed by atoms with Gasteiger partial charge in [0.05, 0.1) is 5.69 Å². The second-order valence-corrected chi connectivity index (χ2v) is 10.4. The third kappa shape index (κ3) is 5.99. The Balaban J connectivity index is 1.23. The Morgan fingerprint density at radius 2 is 1.44 bits per heavy atom. The molecule has 2 fully saturated rings. The molecule has 2 aliphatic carbocycles. The second-order valence-electron chi connectivity index (χ2n) is 10.4. The van der Waals surface area contributed by atoms with E-state index in [1.54, 1.807) is 6.07 Å². The molecule has 2 saturated carbocycles. The Hall–Kier alpha value is -2.16. The molecule has 3 nitrogen and oxygen atoms in total. The Labute approximate surface area is 194 Å². The average Bonchev–Trinajstić information content (AvgIpc) is 2.82. The summed E-state index contributed by atoms with van der Waals surface area (Å²) >= 11 is 0. The number of ether oxygens (including phenoxy) is 1. The van der Waals surface area contributed by atoms with Crippen molar-refractivity contribution >= 4 is 11.4 Å². The van der Waals surface area contributed by atoms with E-state index >= 15 is 0 Å². The van der Waals surface area contributed by atoms with Crippen LogP contribution < -0.4 is 16.2 Å². The van der Waals surface area contributed by atoms with Crippen molar-refractivity contribution in [1.82, 2.24) is 0 Å². The highest BCUT2D eigenvalue weighted by molar-refractivity contribution is 5.61. The van der Waals surface area contributed by atoms with Gasteiger partial charge in [0, 0.05) is 5.69 Å². The number of anilines is 2. The molecule has 2 aliphatic rings. The lowest BCUT2D eigenvalue weighted by molar-refractivity contribution is 0.155. The zero-order valence-corrected chi connectivity index (χ0v) is 19.9. The first-order valence-electron chi connectivity index (χ1n) is 13.0. The molecule has 0 aromatic heterocycles. The number of nitrogens with two attached hydrogens (primary N) is 2. The Bertz CT molecular complexity index is 831. The van der Waals surface area contributed by atoms with Gasteiger partial charge in [-0.05, 0) is 98.1 Å². The van der Waals surface area contributed by atoms with Gasteiger partial charge in [-0.1, -0.05) is 57.6 Å². The molecule has 32 heavy (non-hydrogen) atoms. The SMILES string of the molecule is CCCCC[C@H]1CC[C@H]([C@H]2CC[C@H](c3ccc(Oc4ccc(N)cc4N)cc3)CC2)CC1. The summed E-state index contributed by atoms with van der Waals surface area (Å²) in [5.74, 6) is 5.19. The molecule has 3 heteroatoms. The normalized spacial score (nSPS) is 26.0. The molecule has 174 valence electrons. The fourth-order valence-electron chi connectivity index (χ4n) is 6.15. The molecule has 4 rings (SSSR count). The highest BCUT2D eigenvalue weighted by Gasteiger charge is 2.31. The van der Waals surface area contributed by atoms with Gasteiger partial charge in [-0.15, -0.1) is 0 Å². The number of nitrogen functional groups attached to an aromatic ring is 2. The van der Waals surface area contributed by atoms with Crippen molar-refractivity contribution in [2.24, 2.45) is 17.8 Å². The van der Waals surface area contributed by atoms with Crippen LogP contribution in [0.5, 0.6) is 11.5 Å². The summed E-state index contributed by atoms with van der Waals surface area (Å²) < 4.78 is 5.96. The highest BCUT2D eigenvalue weighted by Crippen LogP contribution is 2.44. The fraction of sp³-hybridized carbons (Fsp3) is 0.586. The number of hydrogen-bond donors (Lipinski definition) is 2. The van der Waals surface area contributed by atoms with E-state index in [1.807, 2.05) is 12.1 Å². The van der Waals surface area contributed by atoms with Crippen LogP contribution >= 0.6 is 0 Å². The van der Waals surface area contributed by atoms with E-state index in [-0.39, 0.29) is 0 Å². The van der Waals surface area contributed by atoms with Gasteiger partial charge < -0.3 is 16.2 Å². The molecule has 0 heterocycles. The minimum atomic E-state index is 0.572. The monoisotopic (exact) mass is 434 g/mol. The molecule has 2 aromatic carbocycles. The summed E-state index contributed by atoms with van der Waals surface area (Å²) in [6, 6.07) is 14.0. The topological polar surface area (TPSA) is 61.3 Å². The van der Waals surface area contributed by atoms with Gasteiger partial charge in [0.1, 0.15) is 11.5 Å². The van der Waals surface area contributed by atoms with Crippen LogP contribution in [0.3, 0.4) is 0 Å². The van der Waals surface area contributed by atoms with Crippen LogP contribution in [0.15, 0.2) is 42.5 Å². The summed E-state index contributed by atoms with van der Waals surface area (Å²) in [6.07, 6.45) is 17.2. The number of hydrogen-bond acceptors (Lipinski definition) is 3. The van der Waals surface area contributed by atoms with Crippen molar-refractivity contribution in [3.05, 3.63) is 48.0 Å². The highest BCUT2D eigenvalue weighted by atomic mass is 16.5. The number of benzene rings is 2. The minimum absolute atomic E-state index is 0.572. The van der Waals surface area contributed by atoms with Gasteiger partial charge in [-0.25, -0.2) is 0 Å². The Morgan fingerprint density at radius 1 is 0.781 bits per heavy atom. The lowest BCUT2D eigenvalue weighted by Crippen LogP contribution is -2.25. The van der Waals surface area contributed by atoms with Gasteiger partial charge in [-0.3, -0.25) is 0 Å². The first-order chi connectivity index (χ1) is 15.6. The third-order valence-electron chi connectivity index (χ3n) is 8.16. The largest absolute Gasteiger partial charge is 0.455 e. The molecule has 0 spiro atoms. The maximum atomic E-state index is 6.02. The van der Waals surface area contributed by atoms with Crippen LogP contribution in [0.25, 0.3) is 0 Å². The van der Waals surface area contributed by atoms with E-state index in [0.29, 0.717) is 23.0 Å². The zero-order valence-electron chi connectivity index (χ0n) is 19.9. The van der Waals surface area contributed by atoms with Crippen molar-refractivity contribution in [2.45, 2.75) is 89.9 Å². The third-order valence-corrected chi connectivity index (χ3v) is 8.16. The van der Waals surface area contributed by atoms with E-state index < -0.39 is 0 Å². The molecule has 0 bridgehead atoms. The van der Waals surface area contributed by atoms with E-state index in [4.69, 9.17) is 16.2 Å². The van der Waals surface area contributed by atoms with Crippen LogP contribution in [-0.2, 0) is 0 Å². The van der Waals surface area contributed by atoms with Gasteiger partial charge in [-0.2, -0.15) is 0 Å². The summed E-state index contributed by atoms with van der Waals surface area (Å²) in [4.78, 5) is 0. The Morgan fingerprint density at radius 3 is 2.06 bits per heavy atom. The van der Waals surface area contributed by atoms with E-state index in [9.17, 15) is 0 Å². The average molecular weight is 435 g/mol. The maximum Gasteiger partial charge on any atom is 0.150 e. The molecular weight excluding hydrogens is 392 g/mol. The standard InChI is InChI=1S/C29H42N2O/c1-2-3-4-5-21-6-8-22(9-7-21)23-10-12-24(13-11-23)25-14-17-27(18-15-25)32-29-19-16-26(30)20-28(29)31/h14-24H,2-13,30-31H2,1H3/t21-,22-,23-,24-. The van der Waals surface area contributed by atoms with Gasteiger partial charge in [0.15, 0.2) is 0 Å². The van der Waals surface area contributed by atoms with Crippen molar-refractivity contribution in [3.63, 3.8) is 0 Å². The van der Waals surface area contributed by atoms with Crippen LogP contribution in [0.4, 0.5) is 11.4 Å². The molecular formula is C29H42N2O. The van der Waals surface area contributed by atoms with Crippen LogP contribution in [0, 0.1) is 17.8 Å². The van der Waals surface area contributed by atoms with Crippen molar-refractivity contribution in [1.29, 1.82) is 0 Å². The summed E-state index contributed by atoms with van der Waals surface area (Å²) in [6.45, 7) is 2.31. The van der Waals surface area contributed by atoms with Crippen molar-refractivity contribution < 1.29 is 4.74 Å². The lowest BCUT2D eigenvalue weighted by Gasteiger charge is -2.38. The van der Waals surface area contributed by atoms with Crippen molar-refractivity contribution in [2.75, 3.05) is 11.5 Å². The fourth-order valence-corrected chi connectivity index (χ4v) is 6.15. The number of rotatable bonds is 8. The van der Waals surface area contributed by atoms with Crippen molar-refractivity contribution in [3.8, 4) is 11.5 Å². The Kier molecular flexibility index (Phi) is 8.00. The summed E-state index contributed by atoms with van der Waals surface area (Å²) in [7, 11) is 0. The minimum Gasteiger partial charge on any atom is -0.455 e.